The van der Waals surface area contributed by atoms with E-state index in [0.29, 0.717) is 46.3 Å². The van der Waals surface area contributed by atoms with Crippen LogP contribution in [0.5, 0.6) is 0 Å². The predicted octanol–water partition coefficient (Wildman–Crippen LogP) is 4.04. The van der Waals surface area contributed by atoms with E-state index in [9.17, 15) is 21.6 Å². The first kappa shape index (κ1) is 24.2. The van der Waals surface area contributed by atoms with E-state index in [-0.39, 0.29) is 13.1 Å². The summed E-state index contributed by atoms with van der Waals surface area (Å²) >= 11 is 0. The summed E-state index contributed by atoms with van der Waals surface area (Å²) in [6.07, 6.45) is 9.59. The Morgan fingerprint density at radius 1 is 1.11 bits per heavy atom. The standard InChI is InChI=1S/C24H30F3N5O2S/c25-24(26,27)35(33,34)31-14-19(8-7-17-4-1-2-5-17)32(13-18-12-28-16-30-18)23-10-9-22-20(21(23)15-31)6-3-11-29-22/h3,6,9-12,17,19,28,30H,1-2,4-5,7-8,13-16H2. The third-order valence-corrected chi connectivity index (χ3v) is 8.96. The highest BCUT2D eigenvalue weighted by Gasteiger charge is 2.51. The Balaban J connectivity index is 1.61. The Labute approximate surface area is 203 Å². The maximum atomic E-state index is 13.7. The van der Waals surface area contributed by atoms with Crippen LogP contribution < -0.4 is 15.5 Å². The number of pyridine rings is 1. The molecule has 3 heterocycles. The Morgan fingerprint density at radius 2 is 1.91 bits per heavy atom. The molecule has 0 bridgehead atoms. The number of hydrogen-bond donors (Lipinski definition) is 2. The van der Waals surface area contributed by atoms with Crippen LogP contribution in [0.15, 0.2) is 42.4 Å². The van der Waals surface area contributed by atoms with E-state index in [1.54, 1.807) is 18.3 Å². The summed E-state index contributed by atoms with van der Waals surface area (Å²) in [5.74, 6) is 0.540. The molecule has 0 radical (unpaired) electrons. The number of sulfonamides is 1. The molecule has 190 valence electrons. The van der Waals surface area contributed by atoms with Crippen molar-refractivity contribution in [1.29, 1.82) is 0 Å². The number of benzene rings is 1. The number of anilines is 1. The van der Waals surface area contributed by atoms with Crippen molar-refractivity contribution < 1.29 is 21.6 Å². The summed E-state index contributed by atoms with van der Waals surface area (Å²) < 4.78 is 67.2. The highest BCUT2D eigenvalue weighted by atomic mass is 32.2. The maximum Gasteiger partial charge on any atom is 0.511 e. The van der Waals surface area contributed by atoms with Crippen LogP contribution in [0.1, 0.15) is 44.1 Å². The molecule has 2 aromatic rings. The second-order valence-electron chi connectivity index (χ2n) is 9.61. The zero-order valence-electron chi connectivity index (χ0n) is 19.4. The van der Waals surface area contributed by atoms with Crippen molar-refractivity contribution in [3.05, 3.63) is 47.9 Å². The second kappa shape index (κ2) is 9.50. The number of nitrogens with one attached hydrogen (secondary N) is 2. The zero-order chi connectivity index (χ0) is 24.6. The Kier molecular flexibility index (Phi) is 6.56. The fraction of sp³-hybridized carbons (Fsp3) is 0.542. The normalized spacial score (nSPS) is 22.0. The van der Waals surface area contributed by atoms with Crippen LogP contribution in [0, 0.1) is 5.92 Å². The molecule has 0 amide bonds. The molecule has 1 aliphatic carbocycles. The first-order chi connectivity index (χ1) is 16.7. The lowest BCUT2D eigenvalue weighted by atomic mass is 9.97. The van der Waals surface area contributed by atoms with Crippen molar-refractivity contribution in [3.8, 4) is 0 Å². The second-order valence-corrected chi connectivity index (χ2v) is 11.5. The van der Waals surface area contributed by atoms with Crippen LogP contribution >= 0.6 is 0 Å². The molecule has 5 rings (SSSR count). The fourth-order valence-electron chi connectivity index (χ4n) is 5.60. The number of halogens is 3. The van der Waals surface area contributed by atoms with Crippen molar-refractivity contribution in [3.63, 3.8) is 0 Å². The highest BCUT2D eigenvalue weighted by Crippen LogP contribution is 2.39. The molecular formula is C24H30F3N5O2S. The molecule has 1 saturated carbocycles. The van der Waals surface area contributed by atoms with Gasteiger partial charge in [0, 0.05) is 53.9 Å². The van der Waals surface area contributed by atoms with Gasteiger partial charge in [0.2, 0.25) is 0 Å². The first-order valence-electron chi connectivity index (χ1n) is 12.1. The Bertz CT molecular complexity index is 1210. The van der Waals surface area contributed by atoms with E-state index < -0.39 is 21.6 Å². The number of rotatable bonds is 6. The molecule has 1 unspecified atom stereocenters. The average molecular weight is 510 g/mol. The van der Waals surface area contributed by atoms with Gasteiger partial charge in [-0.15, -0.1) is 0 Å². The van der Waals surface area contributed by atoms with Crippen molar-refractivity contribution in [2.75, 3.05) is 24.7 Å². The van der Waals surface area contributed by atoms with E-state index in [0.717, 1.165) is 30.6 Å². The number of aromatic nitrogens is 1. The van der Waals surface area contributed by atoms with Gasteiger partial charge in [0.05, 0.1) is 18.7 Å². The van der Waals surface area contributed by atoms with Crippen LogP contribution in [0.4, 0.5) is 18.9 Å². The minimum absolute atomic E-state index is 0.217. The summed E-state index contributed by atoms with van der Waals surface area (Å²) in [5, 5.41) is 7.04. The van der Waals surface area contributed by atoms with Gasteiger partial charge >= 0.3 is 15.5 Å². The number of nitrogens with zero attached hydrogens (tertiary/aromatic N) is 3. The highest BCUT2D eigenvalue weighted by molar-refractivity contribution is 7.89. The van der Waals surface area contributed by atoms with Gasteiger partial charge in [0.1, 0.15) is 0 Å². The molecule has 7 nitrogen and oxygen atoms in total. The molecule has 3 aliphatic rings. The Hall–Kier alpha value is -2.53. The monoisotopic (exact) mass is 509 g/mol. The zero-order valence-corrected chi connectivity index (χ0v) is 20.2. The average Bonchev–Trinajstić information content (AvgIpc) is 3.51. The number of fused-ring (bicyclic) bond motifs is 3. The van der Waals surface area contributed by atoms with Crippen LogP contribution in [-0.2, 0) is 16.6 Å². The van der Waals surface area contributed by atoms with Crippen LogP contribution in [0.2, 0.25) is 0 Å². The summed E-state index contributed by atoms with van der Waals surface area (Å²) in [5.41, 5.74) is -2.50. The van der Waals surface area contributed by atoms with Crippen LogP contribution in [0.3, 0.4) is 0 Å². The van der Waals surface area contributed by atoms with Gasteiger partial charge in [0.15, 0.2) is 0 Å². The van der Waals surface area contributed by atoms with Gasteiger partial charge in [-0.3, -0.25) is 4.98 Å². The van der Waals surface area contributed by atoms with Gasteiger partial charge in [-0.1, -0.05) is 31.7 Å². The van der Waals surface area contributed by atoms with Gasteiger partial charge in [0.25, 0.3) is 0 Å². The lowest BCUT2D eigenvalue weighted by Crippen LogP contribution is -2.48. The molecule has 2 N–H and O–H groups in total. The summed E-state index contributed by atoms with van der Waals surface area (Å²) in [6.45, 7) is 0.465. The topological polar surface area (TPSA) is 77.6 Å². The maximum absolute atomic E-state index is 13.7. The van der Waals surface area contributed by atoms with E-state index in [4.69, 9.17) is 0 Å². The van der Waals surface area contributed by atoms with E-state index in [2.05, 4.69) is 20.5 Å². The van der Waals surface area contributed by atoms with Crippen molar-refractivity contribution in [1.82, 2.24) is 19.9 Å². The molecule has 0 saturated heterocycles. The molecular weight excluding hydrogens is 479 g/mol. The smallest absolute Gasteiger partial charge is 0.372 e. The number of alkyl halides is 3. The van der Waals surface area contributed by atoms with Crippen molar-refractivity contribution in [2.24, 2.45) is 5.92 Å². The minimum atomic E-state index is -5.51. The predicted molar refractivity (Wildman–Crippen MR) is 129 cm³/mol. The van der Waals surface area contributed by atoms with Gasteiger partial charge in [-0.25, -0.2) is 8.42 Å². The molecule has 1 atom stereocenters. The van der Waals surface area contributed by atoms with E-state index in [1.807, 2.05) is 18.3 Å². The van der Waals surface area contributed by atoms with E-state index in [1.165, 1.54) is 12.8 Å². The molecule has 35 heavy (non-hydrogen) atoms. The first-order valence-corrected chi connectivity index (χ1v) is 13.5. The minimum Gasteiger partial charge on any atom is -0.372 e. The quantitative estimate of drug-likeness (QED) is 0.612. The Morgan fingerprint density at radius 3 is 2.63 bits per heavy atom. The molecule has 1 aromatic carbocycles. The number of hydrogen-bond acceptors (Lipinski definition) is 6. The molecule has 11 heteroatoms. The molecule has 2 aliphatic heterocycles. The lowest BCUT2D eigenvalue weighted by Gasteiger charge is -2.35. The van der Waals surface area contributed by atoms with E-state index >= 15 is 0 Å². The van der Waals surface area contributed by atoms with Crippen molar-refractivity contribution in [2.45, 2.75) is 56.6 Å². The molecule has 0 spiro atoms. The SMILES string of the molecule is O=S(=O)(N1Cc2c(ccc3ncccc23)N(CC2=CNCN2)C(CCC2CCCC2)C1)C(F)(F)F. The summed E-state index contributed by atoms with van der Waals surface area (Å²) in [4.78, 5) is 6.44. The van der Waals surface area contributed by atoms with Crippen molar-refractivity contribution >= 4 is 26.6 Å². The summed E-state index contributed by atoms with van der Waals surface area (Å²) in [7, 11) is -5.51. The van der Waals surface area contributed by atoms with Gasteiger partial charge in [-0.2, -0.15) is 17.5 Å². The lowest BCUT2D eigenvalue weighted by molar-refractivity contribution is -0.0492. The molecule has 1 fully saturated rings. The van der Waals surface area contributed by atoms with Gasteiger partial charge in [-0.05, 0) is 37.0 Å². The third kappa shape index (κ3) is 4.80. The van der Waals surface area contributed by atoms with Gasteiger partial charge < -0.3 is 15.5 Å². The third-order valence-electron chi connectivity index (χ3n) is 7.42. The molecule has 1 aromatic heterocycles. The summed E-state index contributed by atoms with van der Waals surface area (Å²) in [6, 6.07) is 6.86. The van der Waals surface area contributed by atoms with Crippen LogP contribution in [-0.4, -0.2) is 49.0 Å². The fourth-order valence-corrected chi connectivity index (χ4v) is 6.56. The largest absolute Gasteiger partial charge is 0.511 e. The van der Waals surface area contributed by atoms with Crippen LogP contribution in [0.25, 0.3) is 10.9 Å².